The zero-order valence-corrected chi connectivity index (χ0v) is 16.4. The van der Waals surface area contributed by atoms with E-state index in [-0.39, 0.29) is 21.7 Å². The Balaban J connectivity index is 2.07. The van der Waals surface area contributed by atoms with Crippen molar-refractivity contribution in [1.82, 2.24) is 0 Å². The Labute approximate surface area is 169 Å². The number of nitriles is 1. The van der Waals surface area contributed by atoms with Crippen molar-refractivity contribution in [3.05, 3.63) is 53.1 Å². The molecule has 3 rings (SSSR count). The van der Waals surface area contributed by atoms with Crippen molar-refractivity contribution in [2.75, 3.05) is 22.7 Å². The first-order chi connectivity index (χ1) is 13.9. The molecule has 2 aromatic carbocycles. The summed E-state index contributed by atoms with van der Waals surface area (Å²) in [5.41, 5.74) is 1.10. The van der Waals surface area contributed by atoms with Crippen molar-refractivity contribution in [3.63, 3.8) is 0 Å². The minimum Gasteiger partial charge on any atom is -0.478 e. The van der Waals surface area contributed by atoms with E-state index in [4.69, 9.17) is 6.42 Å². The molecule has 0 unspecified atom stereocenters. The van der Waals surface area contributed by atoms with Gasteiger partial charge in [0.2, 0.25) is 0 Å². The molecule has 1 fully saturated rings. The average Bonchev–Trinajstić information content (AvgIpc) is 2.73. The number of nitrogens with zero attached hydrogens (tertiary/aromatic N) is 2. The second kappa shape index (κ2) is 8.26. The summed E-state index contributed by atoms with van der Waals surface area (Å²) in [6.07, 6.45) is 8.52. The first-order valence-electron chi connectivity index (χ1n) is 9.01. The lowest BCUT2D eigenvalue weighted by Gasteiger charge is -2.30. The summed E-state index contributed by atoms with van der Waals surface area (Å²) >= 11 is 0. The molecule has 148 valence electrons. The predicted octanol–water partition coefficient (Wildman–Crippen LogP) is 3.03. The monoisotopic (exact) mass is 409 g/mol. The van der Waals surface area contributed by atoms with E-state index in [0.717, 1.165) is 38.4 Å². The number of nitrogens with one attached hydrogen (secondary N) is 1. The van der Waals surface area contributed by atoms with Gasteiger partial charge in [0.15, 0.2) is 0 Å². The van der Waals surface area contributed by atoms with Crippen molar-refractivity contribution in [2.45, 2.75) is 24.2 Å². The average molecular weight is 409 g/mol. The van der Waals surface area contributed by atoms with E-state index < -0.39 is 16.0 Å². The standard InChI is InChI=1S/C21H19N3O4S/c1-2-16-7-8-17(21(25)26)13-20(16)29(27,28)23-18-12-15(14-22)6-9-19(18)24-10-4-3-5-11-24/h1,6-9,12-13,23H,3-5,10-11H2,(H,25,26). The van der Waals surface area contributed by atoms with Gasteiger partial charge in [-0.2, -0.15) is 5.26 Å². The Morgan fingerprint density at radius 1 is 1.14 bits per heavy atom. The van der Waals surface area contributed by atoms with Gasteiger partial charge in [-0.05, 0) is 55.7 Å². The Kier molecular flexibility index (Phi) is 5.76. The lowest BCUT2D eigenvalue weighted by atomic mass is 10.1. The third kappa shape index (κ3) is 4.34. The van der Waals surface area contributed by atoms with Gasteiger partial charge in [0.05, 0.1) is 28.6 Å². The van der Waals surface area contributed by atoms with Gasteiger partial charge in [0.1, 0.15) is 4.90 Å². The minimum absolute atomic E-state index is 0.0541. The van der Waals surface area contributed by atoms with E-state index in [9.17, 15) is 23.6 Å². The van der Waals surface area contributed by atoms with Crippen LogP contribution >= 0.6 is 0 Å². The van der Waals surface area contributed by atoms with Crippen LogP contribution in [0.25, 0.3) is 0 Å². The molecular formula is C21H19N3O4S. The maximum absolute atomic E-state index is 13.1. The van der Waals surface area contributed by atoms with Crippen LogP contribution in [0.3, 0.4) is 0 Å². The molecule has 2 aromatic rings. The highest BCUT2D eigenvalue weighted by Crippen LogP contribution is 2.32. The van der Waals surface area contributed by atoms with Crippen LogP contribution in [-0.2, 0) is 10.0 Å². The van der Waals surface area contributed by atoms with Gasteiger partial charge >= 0.3 is 5.97 Å². The fourth-order valence-corrected chi connectivity index (χ4v) is 4.56. The van der Waals surface area contributed by atoms with Crippen molar-refractivity contribution >= 4 is 27.4 Å². The predicted molar refractivity (Wildman–Crippen MR) is 109 cm³/mol. The van der Waals surface area contributed by atoms with Crippen molar-refractivity contribution in [3.8, 4) is 18.4 Å². The van der Waals surface area contributed by atoms with Gasteiger partial charge in [-0.15, -0.1) is 6.42 Å². The maximum Gasteiger partial charge on any atom is 0.335 e. The summed E-state index contributed by atoms with van der Waals surface area (Å²) in [6.45, 7) is 1.56. The third-order valence-electron chi connectivity index (χ3n) is 4.74. The molecule has 2 N–H and O–H groups in total. The molecule has 0 spiro atoms. The van der Waals surface area contributed by atoms with Crippen LogP contribution in [0, 0.1) is 23.7 Å². The molecule has 0 bridgehead atoms. The summed E-state index contributed by atoms with van der Waals surface area (Å²) in [6, 6.07) is 10.4. The summed E-state index contributed by atoms with van der Waals surface area (Å²) in [5, 5.41) is 18.4. The molecular weight excluding hydrogens is 390 g/mol. The Hall–Kier alpha value is -3.49. The second-order valence-corrected chi connectivity index (χ2v) is 8.31. The molecule has 8 heteroatoms. The van der Waals surface area contributed by atoms with Crippen LogP contribution in [-0.4, -0.2) is 32.6 Å². The van der Waals surface area contributed by atoms with Crippen molar-refractivity contribution in [1.29, 1.82) is 5.26 Å². The van der Waals surface area contributed by atoms with Gasteiger partial charge in [-0.25, -0.2) is 13.2 Å². The number of piperidine rings is 1. The van der Waals surface area contributed by atoms with Gasteiger partial charge in [0.25, 0.3) is 10.0 Å². The summed E-state index contributed by atoms with van der Waals surface area (Å²) < 4.78 is 28.7. The number of hydrogen-bond donors (Lipinski definition) is 2. The fraction of sp³-hybridized carbons (Fsp3) is 0.238. The van der Waals surface area contributed by atoms with Crippen LogP contribution in [0.2, 0.25) is 0 Å². The van der Waals surface area contributed by atoms with E-state index in [1.807, 2.05) is 6.07 Å². The minimum atomic E-state index is -4.19. The molecule has 0 amide bonds. The molecule has 0 aliphatic carbocycles. The maximum atomic E-state index is 13.1. The Morgan fingerprint density at radius 3 is 2.48 bits per heavy atom. The van der Waals surface area contributed by atoms with Crippen LogP contribution in [0.1, 0.15) is 40.7 Å². The smallest absolute Gasteiger partial charge is 0.335 e. The third-order valence-corrected chi connectivity index (χ3v) is 6.15. The van der Waals surface area contributed by atoms with Crippen LogP contribution in [0.5, 0.6) is 0 Å². The van der Waals surface area contributed by atoms with E-state index >= 15 is 0 Å². The van der Waals surface area contributed by atoms with Crippen LogP contribution in [0.15, 0.2) is 41.3 Å². The molecule has 1 saturated heterocycles. The number of carboxylic acids is 1. The number of rotatable bonds is 5. The number of carboxylic acid groups (broad SMARTS) is 1. The molecule has 1 aliphatic heterocycles. The Morgan fingerprint density at radius 2 is 1.86 bits per heavy atom. The first kappa shape index (κ1) is 20.2. The number of anilines is 2. The topological polar surface area (TPSA) is 110 Å². The molecule has 1 aliphatic rings. The number of carbonyl (C=O) groups is 1. The van der Waals surface area contributed by atoms with Crippen LogP contribution in [0.4, 0.5) is 11.4 Å². The second-order valence-electron chi connectivity index (χ2n) is 6.66. The molecule has 1 heterocycles. The zero-order chi connectivity index (χ0) is 21.0. The highest BCUT2D eigenvalue weighted by molar-refractivity contribution is 7.92. The van der Waals surface area contributed by atoms with Gasteiger partial charge in [-0.1, -0.05) is 5.92 Å². The summed E-state index contributed by atoms with van der Waals surface area (Å²) in [7, 11) is -4.19. The van der Waals surface area contributed by atoms with Crippen molar-refractivity contribution in [2.24, 2.45) is 0 Å². The Bertz CT molecular complexity index is 1140. The first-order valence-corrected chi connectivity index (χ1v) is 10.5. The molecule has 0 saturated carbocycles. The normalized spacial score (nSPS) is 13.9. The highest BCUT2D eigenvalue weighted by Gasteiger charge is 2.23. The quantitative estimate of drug-likeness (QED) is 0.735. The highest BCUT2D eigenvalue weighted by atomic mass is 32.2. The lowest BCUT2D eigenvalue weighted by Crippen LogP contribution is -2.30. The number of sulfonamides is 1. The molecule has 29 heavy (non-hydrogen) atoms. The van der Waals surface area contributed by atoms with E-state index in [1.165, 1.54) is 18.2 Å². The largest absolute Gasteiger partial charge is 0.478 e. The summed E-state index contributed by atoms with van der Waals surface area (Å²) in [4.78, 5) is 13.0. The van der Waals surface area contributed by atoms with E-state index in [1.54, 1.807) is 12.1 Å². The van der Waals surface area contributed by atoms with Gasteiger partial charge in [-0.3, -0.25) is 4.72 Å². The lowest BCUT2D eigenvalue weighted by molar-refractivity contribution is 0.0696. The van der Waals surface area contributed by atoms with Gasteiger partial charge in [0, 0.05) is 18.7 Å². The molecule has 7 nitrogen and oxygen atoms in total. The number of benzene rings is 2. The SMILES string of the molecule is C#Cc1ccc(C(=O)O)cc1S(=O)(=O)Nc1cc(C#N)ccc1N1CCCCC1. The summed E-state index contributed by atoms with van der Waals surface area (Å²) in [5.74, 6) is 1.02. The molecule has 0 radical (unpaired) electrons. The van der Waals surface area contributed by atoms with Crippen LogP contribution < -0.4 is 9.62 Å². The van der Waals surface area contributed by atoms with E-state index in [2.05, 4.69) is 15.5 Å². The fourth-order valence-electron chi connectivity index (χ4n) is 3.29. The molecule has 0 aromatic heterocycles. The zero-order valence-electron chi connectivity index (χ0n) is 15.6. The number of hydrogen-bond acceptors (Lipinski definition) is 5. The number of terminal acetylenes is 1. The number of aromatic carboxylic acids is 1. The molecule has 0 atom stereocenters. The van der Waals surface area contributed by atoms with Gasteiger partial charge < -0.3 is 10.0 Å². The van der Waals surface area contributed by atoms with E-state index in [0.29, 0.717) is 11.3 Å². The van der Waals surface area contributed by atoms with Crippen molar-refractivity contribution < 1.29 is 18.3 Å².